The number of hydrogen-bond donors (Lipinski definition) is 1. The van der Waals surface area contributed by atoms with Crippen LogP contribution in [0.4, 0.5) is 0 Å². The van der Waals surface area contributed by atoms with E-state index in [1.54, 1.807) is 0 Å². The van der Waals surface area contributed by atoms with Gasteiger partial charge in [0.25, 0.3) is 0 Å². The van der Waals surface area contributed by atoms with Gasteiger partial charge in [0.1, 0.15) is 0 Å². The van der Waals surface area contributed by atoms with Crippen molar-refractivity contribution < 1.29 is 4.79 Å². The van der Waals surface area contributed by atoms with Crippen molar-refractivity contribution in [2.45, 2.75) is 40.0 Å². The number of likely N-dealkylation sites (N-methyl/N-ethyl adjacent to an activating group) is 1. The third kappa shape index (κ3) is 3.03. The molecule has 108 valence electrons. The standard InChI is InChI=1S/C17H24N2O/c1-4-6-11-19(5-2)17(20)12-15-13(3)18-16-10-8-7-9-14(15)16/h7-10,18H,4-6,11-12H2,1-3H3. The molecule has 1 heterocycles. The molecule has 1 aromatic heterocycles. The molecule has 0 aliphatic carbocycles. The van der Waals surface area contributed by atoms with Crippen LogP contribution >= 0.6 is 0 Å². The van der Waals surface area contributed by atoms with Crippen molar-refractivity contribution >= 4 is 16.8 Å². The number of benzene rings is 1. The molecule has 0 saturated heterocycles. The van der Waals surface area contributed by atoms with Crippen molar-refractivity contribution in [3.05, 3.63) is 35.5 Å². The number of nitrogens with one attached hydrogen (secondary N) is 1. The van der Waals surface area contributed by atoms with E-state index in [-0.39, 0.29) is 5.91 Å². The number of aryl methyl sites for hydroxylation is 1. The van der Waals surface area contributed by atoms with E-state index in [4.69, 9.17) is 0 Å². The minimum absolute atomic E-state index is 0.230. The smallest absolute Gasteiger partial charge is 0.227 e. The minimum atomic E-state index is 0.230. The molecule has 1 amide bonds. The summed E-state index contributed by atoms with van der Waals surface area (Å²) < 4.78 is 0. The lowest BCUT2D eigenvalue weighted by Gasteiger charge is -2.20. The highest BCUT2D eigenvalue weighted by Crippen LogP contribution is 2.22. The number of amides is 1. The average Bonchev–Trinajstić information content (AvgIpc) is 2.76. The van der Waals surface area contributed by atoms with E-state index in [2.05, 4.69) is 31.0 Å². The quantitative estimate of drug-likeness (QED) is 0.855. The first-order valence-electron chi connectivity index (χ1n) is 7.51. The number of nitrogens with zero attached hydrogens (tertiary/aromatic N) is 1. The summed E-state index contributed by atoms with van der Waals surface area (Å²) in [5, 5.41) is 1.17. The predicted molar refractivity (Wildman–Crippen MR) is 83.9 cm³/mol. The number of hydrogen-bond acceptors (Lipinski definition) is 1. The van der Waals surface area contributed by atoms with Crippen LogP contribution in [0.5, 0.6) is 0 Å². The minimum Gasteiger partial charge on any atom is -0.358 e. The molecule has 0 spiro atoms. The number of para-hydroxylation sites is 1. The van der Waals surface area contributed by atoms with Crippen molar-refractivity contribution in [1.82, 2.24) is 9.88 Å². The first-order chi connectivity index (χ1) is 9.67. The summed E-state index contributed by atoms with van der Waals surface area (Å²) >= 11 is 0. The lowest BCUT2D eigenvalue weighted by molar-refractivity contribution is -0.130. The number of rotatable bonds is 6. The first kappa shape index (κ1) is 14.6. The second kappa shape index (κ2) is 6.60. The zero-order chi connectivity index (χ0) is 14.5. The van der Waals surface area contributed by atoms with Crippen LogP contribution in [0.2, 0.25) is 0 Å². The molecule has 20 heavy (non-hydrogen) atoms. The van der Waals surface area contributed by atoms with Crippen LogP contribution in [-0.4, -0.2) is 28.9 Å². The maximum atomic E-state index is 12.5. The number of aromatic nitrogens is 1. The van der Waals surface area contributed by atoms with E-state index >= 15 is 0 Å². The van der Waals surface area contributed by atoms with E-state index in [0.717, 1.165) is 42.7 Å². The number of unbranched alkanes of at least 4 members (excludes halogenated alkanes) is 1. The Balaban J connectivity index is 2.18. The Morgan fingerprint density at radius 2 is 2.00 bits per heavy atom. The van der Waals surface area contributed by atoms with Crippen molar-refractivity contribution in [1.29, 1.82) is 0 Å². The first-order valence-corrected chi connectivity index (χ1v) is 7.51. The van der Waals surface area contributed by atoms with Crippen molar-refractivity contribution in [2.24, 2.45) is 0 Å². The van der Waals surface area contributed by atoms with Crippen LogP contribution in [0.3, 0.4) is 0 Å². The summed E-state index contributed by atoms with van der Waals surface area (Å²) in [6.45, 7) is 7.91. The molecule has 0 radical (unpaired) electrons. The second-order valence-corrected chi connectivity index (χ2v) is 5.28. The Labute approximate surface area is 121 Å². The SMILES string of the molecule is CCCCN(CC)C(=O)Cc1c(C)[nH]c2ccccc12. The fourth-order valence-electron chi connectivity index (χ4n) is 2.63. The topological polar surface area (TPSA) is 36.1 Å². The fraction of sp³-hybridized carbons (Fsp3) is 0.471. The second-order valence-electron chi connectivity index (χ2n) is 5.28. The molecule has 1 N–H and O–H groups in total. The number of aromatic amines is 1. The summed E-state index contributed by atoms with van der Waals surface area (Å²) in [5.41, 5.74) is 3.36. The Bertz CT molecular complexity index is 586. The number of carbonyl (C=O) groups is 1. The highest BCUT2D eigenvalue weighted by atomic mass is 16.2. The molecule has 0 bridgehead atoms. The van der Waals surface area contributed by atoms with Crippen LogP contribution in [0, 0.1) is 6.92 Å². The monoisotopic (exact) mass is 272 g/mol. The molecule has 0 saturated carbocycles. The lowest BCUT2D eigenvalue weighted by atomic mass is 10.1. The maximum absolute atomic E-state index is 12.5. The fourth-order valence-corrected chi connectivity index (χ4v) is 2.63. The summed E-state index contributed by atoms with van der Waals surface area (Å²) in [4.78, 5) is 17.8. The molecular formula is C17H24N2O. The van der Waals surface area contributed by atoms with Crippen molar-refractivity contribution in [3.63, 3.8) is 0 Å². The molecule has 3 nitrogen and oxygen atoms in total. The van der Waals surface area contributed by atoms with E-state index in [1.165, 1.54) is 5.39 Å². The molecule has 3 heteroatoms. The van der Waals surface area contributed by atoms with Crippen LogP contribution in [0.1, 0.15) is 37.9 Å². The van der Waals surface area contributed by atoms with Gasteiger partial charge >= 0.3 is 0 Å². The van der Waals surface area contributed by atoms with E-state index < -0.39 is 0 Å². The molecule has 2 aromatic rings. The largest absolute Gasteiger partial charge is 0.358 e. The van der Waals surface area contributed by atoms with Crippen LogP contribution < -0.4 is 0 Å². The Hall–Kier alpha value is -1.77. The maximum Gasteiger partial charge on any atom is 0.227 e. The summed E-state index contributed by atoms with van der Waals surface area (Å²) in [6.07, 6.45) is 2.69. The van der Waals surface area contributed by atoms with Gasteiger partial charge in [-0.05, 0) is 31.9 Å². The zero-order valence-electron chi connectivity index (χ0n) is 12.7. The average molecular weight is 272 g/mol. The normalized spacial score (nSPS) is 10.9. The van der Waals surface area contributed by atoms with Crippen LogP contribution in [0.15, 0.2) is 24.3 Å². The highest BCUT2D eigenvalue weighted by molar-refractivity contribution is 5.90. The van der Waals surface area contributed by atoms with Crippen LogP contribution in [-0.2, 0) is 11.2 Å². The number of H-pyrrole nitrogens is 1. The predicted octanol–water partition coefficient (Wildman–Crippen LogP) is 3.67. The number of fused-ring (bicyclic) bond motifs is 1. The molecule has 0 aliphatic heterocycles. The van der Waals surface area contributed by atoms with Gasteiger partial charge in [-0.1, -0.05) is 31.5 Å². The zero-order valence-corrected chi connectivity index (χ0v) is 12.7. The van der Waals surface area contributed by atoms with Gasteiger partial charge in [-0.2, -0.15) is 0 Å². The molecule has 0 aliphatic rings. The van der Waals surface area contributed by atoms with Crippen LogP contribution in [0.25, 0.3) is 10.9 Å². The molecule has 2 rings (SSSR count). The van der Waals surface area contributed by atoms with Gasteiger partial charge in [0, 0.05) is 29.7 Å². The van der Waals surface area contributed by atoms with Crippen molar-refractivity contribution in [2.75, 3.05) is 13.1 Å². The summed E-state index contributed by atoms with van der Waals surface area (Å²) in [6, 6.07) is 8.19. The van der Waals surface area contributed by atoms with E-state index in [9.17, 15) is 4.79 Å². The van der Waals surface area contributed by atoms with Gasteiger partial charge < -0.3 is 9.88 Å². The van der Waals surface area contributed by atoms with Gasteiger partial charge in [0.2, 0.25) is 5.91 Å². The summed E-state index contributed by atoms with van der Waals surface area (Å²) in [7, 11) is 0. The lowest BCUT2D eigenvalue weighted by Crippen LogP contribution is -2.33. The van der Waals surface area contributed by atoms with Gasteiger partial charge in [-0.15, -0.1) is 0 Å². The van der Waals surface area contributed by atoms with Gasteiger partial charge in [0.15, 0.2) is 0 Å². The number of carbonyl (C=O) groups excluding carboxylic acids is 1. The molecule has 0 atom stereocenters. The van der Waals surface area contributed by atoms with E-state index in [0.29, 0.717) is 6.42 Å². The molecule has 1 aromatic carbocycles. The van der Waals surface area contributed by atoms with Crippen molar-refractivity contribution in [3.8, 4) is 0 Å². The Morgan fingerprint density at radius 1 is 1.25 bits per heavy atom. The van der Waals surface area contributed by atoms with E-state index in [1.807, 2.05) is 24.0 Å². The molecule has 0 unspecified atom stereocenters. The van der Waals surface area contributed by atoms with Gasteiger partial charge in [0.05, 0.1) is 6.42 Å². The molecule has 0 fully saturated rings. The Morgan fingerprint density at radius 3 is 2.70 bits per heavy atom. The third-order valence-corrected chi connectivity index (χ3v) is 3.87. The van der Waals surface area contributed by atoms with Gasteiger partial charge in [-0.25, -0.2) is 0 Å². The third-order valence-electron chi connectivity index (χ3n) is 3.87. The summed E-state index contributed by atoms with van der Waals surface area (Å²) in [5.74, 6) is 0.230. The highest BCUT2D eigenvalue weighted by Gasteiger charge is 2.16. The van der Waals surface area contributed by atoms with Gasteiger partial charge in [-0.3, -0.25) is 4.79 Å². The Kier molecular flexibility index (Phi) is 4.83. The molecular weight excluding hydrogens is 248 g/mol.